The zero-order valence-corrected chi connectivity index (χ0v) is 6.88. The molecule has 3 N–H and O–H groups in total. The van der Waals surface area contributed by atoms with Gasteiger partial charge in [-0.05, 0) is 20.8 Å². The summed E-state index contributed by atoms with van der Waals surface area (Å²) in [5.74, 6) is 5.47. The standard InChI is InChI=1S/C6H14N2O2/c1-6(2,3)8(4,7)5(9)10/h7H2,1-4H3/p+1. The lowest BCUT2D eigenvalue weighted by atomic mass is 10.1. The van der Waals surface area contributed by atoms with Crippen LogP contribution in [0.25, 0.3) is 0 Å². The molecule has 0 heterocycles. The molecule has 0 aliphatic heterocycles. The molecule has 4 nitrogen and oxygen atoms in total. The minimum Gasteiger partial charge on any atom is -0.434 e. The molecular weight excluding hydrogens is 132 g/mol. The first-order chi connectivity index (χ1) is 4.19. The highest BCUT2D eigenvalue weighted by molar-refractivity contribution is 5.56. The summed E-state index contributed by atoms with van der Waals surface area (Å²) in [7, 11) is 1.46. The second-order valence-electron chi connectivity index (χ2n) is 3.53. The molecule has 1 unspecified atom stereocenters. The third-order valence-corrected chi connectivity index (χ3v) is 1.79. The SMILES string of the molecule is CC(C)(C)[N+](C)(N)C(=O)O. The fourth-order valence-corrected chi connectivity index (χ4v) is 0.287. The zero-order valence-electron chi connectivity index (χ0n) is 6.88. The second kappa shape index (κ2) is 2.21. The fourth-order valence-electron chi connectivity index (χ4n) is 0.287. The van der Waals surface area contributed by atoms with Crippen LogP contribution >= 0.6 is 0 Å². The smallest absolute Gasteiger partial charge is 0.434 e. The first kappa shape index (κ1) is 9.39. The quantitative estimate of drug-likeness (QED) is 0.230. The average Bonchev–Trinajstić information content (AvgIpc) is 1.62. The van der Waals surface area contributed by atoms with Crippen LogP contribution in [0.1, 0.15) is 20.8 Å². The van der Waals surface area contributed by atoms with E-state index in [9.17, 15) is 4.79 Å². The van der Waals surface area contributed by atoms with Crippen molar-refractivity contribution in [3.63, 3.8) is 0 Å². The molecule has 0 rings (SSSR count). The number of carboxylic acid groups (broad SMARTS) is 1. The summed E-state index contributed by atoms with van der Waals surface area (Å²) in [6.45, 7) is 5.34. The molecule has 0 saturated carbocycles. The van der Waals surface area contributed by atoms with Gasteiger partial charge in [0.05, 0.1) is 7.05 Å². The highest BCUT2D eigenvalue weighted by atomic mass is 16.4. The first-order valence-corrected chi connectivity index (χ1v) is 3.08. The van der Waals surface area contributed by atoms with Gasteiger partial charge in [0, 0.05) is 0 Å². The van der Waals surface area contributed by atoms with Crippen LogP contribution in [-0.4, -0.2) is 28.4 Å². The van der Waals surface area contributed by atoms with Gasteiger partial charge in [-0.3, -0.25) is 0 Å². The van der Waals surface area contributed by atoms with E-state index >= 15 is 0 Å². The fraction of sp³-hybridized carbons (Fsp3) is 0.833. The maximum atomic E-state index is 10.5. The number of quaternary nitrogens is 1. The van der Waals surface area contributed by atoms with Gasteiger partial charge in [-0.2, -0.15) is 10.6 Å². The zero-order chi connectivity index (χ0) is 8.58. The molecule has 4 heteroatoms. The van der Waals surface area contributed by atoms with Crippen LogP contribution in [0.3, 0.4) is 0 Å². The van der Waals surface area contributed by atoms with Crippen LogP contribution in [0.2, 0.25) is 0 Å². The largest absolute Gasteiger partial charge is 0.533 e. The third kappa shape index (κ3) is 1.46. The van der Waals surface area contributed by atoms with Gasteiger partial charge in [0.25, 0.3) is 0 Å². The molecule has 0 spiro atoms. The number of nitrogens with zero attached hydrogens (tertiary/aromatic N) is 1. The molecule has 1 amide bonds. The Morgan fingerprint density at radius 2 is 1.80 bits per heavy atom. The van der Waals surface area contributed by atoms with Crippen LogP contribution in [0.4, 0.5) is 4.79 Å². The van der Waals surface area contributed by atoms with Gasteiger partial charge in [0.15, 0.2) is 0 Å². The third-order valence-electron chi connectivity index (χ3n) is 1.79. The van der Waals surface area contributed by atoms with Crippen molar-refractivity contribution in [3.05, 3.63) is 0 Å². The number of nitrogens with two attached hydrogens (primary N) is 1. The molecule has 0 aliphatic carbocycles. The highest BCUT2D eigenvalue weighted by Crippen LogP contribution is 2.15. The minimum absolute atomic E-state index is 0.466. The van der Waals surface area contributed by atoms with Gasteiger partial charge in [0.1, 0.15) is 5.54 Å². The lowest BCUT2D eigenvalue weighted by Crippen LogP contribution is -2.65. The van der Waals surface area contributed by atoms with E-state index in [2.05, 4.69) is 0 Å². The second-order valence-corrected chi connectivity index (χ2v) is 3.53. The van der Waals surface area contributed by atoms with E-state index in [1.54, 1.807) is 20.8 Å². The number of hydrogen-bond donors (Lipinski definition) is 2. The van der Waals surface area contributed by atoms with Gasteiger partial charge < -0.3 is 5.11 Å². The summed E-state index contributed by atoms with van der Waals surface area (Å²) < 4.78 is -0.507. The molecule has 0 aromatic carbocycles. The molecule has 0 bridgehead atoms. The van der Waals surface area contributed by atoms with Crippen LogP contribution in [0.15, 0.2) is 0 Å². The Labute approximate surface area is 60.8 Å². The molecular formula is C6H15N2O2+. The van der Waals surface area contributed by atoms with Crippen LogP contribution in [-0.2, 0) is 0 Å². The van der Waals surface area contributed by atoms with E-state index in [1.165, 1.54) is 7.05 Å². The molecule has 0 aromatic rings. The van der Waals surface area contributed by atoms with Crippen molar-refractivity contribution in [1.29, 1.82) is 0 Å². The Morgan fingerprint density at radius 1 is 1.50 bits per heavy atom. The monoisotopic (exact) mass is 147 g/mol. The van der Waals surface area contributed by atoms with Gasteiger partial charge in [0.2, 0.25) is 0 Å². The molecule has 1 atom stereocenters. The molecule has 0 aliphatic rings. The normalized spacial score (nSPS) is 18.1. The van der Waals surface area contributed by atoms with Crippen LogP contribution < -0.4 is 5.84 Å². The maximum absolute atomic E-state index is 10.5. The topological polar surface area (TPSA) is 63.3 Å². The molecule has 0 saturated heterocycles. The summed E-state index contributed by atoms with van der Waals surface area (Å²) in [6, 6.07) is 0. The predicted octanol–water partition coefficient (Wildman–Crippen LogP) is 0.783. The number of rotatable bonds is 0. The number of carbonyl (C=O) groups is 1. The molecule has 10 heavy (non-hydrogen) atoms. The van der Waals surface area contributed by atoms with E-state index in [0.29, 0.717) is 0 Å². The van der Waals surface area contributed by atoms with Crippen molar-refractivity contribution in [3.8, 4) is 0 Å². The Balaban J connectivity index is 4.57. The highest BCUT2D eigenvalue weighted by Gasteiger charge is 2.40. The van der Waals surface area contributed by atoms with Gasteiger partial charge in [-0.15, -0.1) is 4.59 Å². The van der Waals surface area contributed by atoms with Gasteiger partial charge in [-0.1, -0.05) is 0 Å². The first-order valence-electron chi connectivity index (χ1n) is 3.08. The van der Waals surface area contributed by atoms with Gasteiger partial charge >= 0.3 is 6.09 Å². The summed E-state index contributed by atoms with van der Waals surface area (Å²) in [5, 5.41) is 8.62. The van der Waals surface area contributed by atoms with Crippen LogP contribution in [0.5, 0.6) is 0 Å². The predicted molar refractivity (Wildman–Crippen MR) is 38.1 cm³/mol. The van der Waals surface area contributed by atoms with E-state index in [4.69, 9.17) is 10.9 Å². The lowest BCUT2D eigenvalue weighted by Gasteiger charge is -2.34. The van der Waals surface area contributed by atoms with E-state index < -0.39 is 16.2 Å². The van der Waals surface area contributed by atoms with Crippen molar-refractivity contribution < 1.29 is 14.5 Å². The maximum Gasteiger partial charge on any atom is 0.533 e. The summed E-state index contributed by atoms with van der Waals surface area (Å²) in [6.07, 6.45) is -1.02. The van der Waals surface area contributed by atoms with Crippen molar-refractivity contribution in [2.45, 2.75) is 26.3 Å². The summed E-state index contributed by atoms with van der Waals surface area (Å²) >= 11 is 0. The van der Waals surface area contributed by atoms with Crippen molar-refractivity contribution in [2.75, 3.05) is 7.05 Å². The van der Waals surface area contributed by atoms with E-state index in [0.717, 1.165) is 0 Å². The Hall–Kier alpha value is -0.610. The Morgan fingerprint density at radius 3 is 1.80 bits per heavy atom. The molecule has 0 aromatic heterocycles. The molecule has 0 radical (unpaired) electrons. The molecule has 0 fully saturated rings. The van der Waals surface area contributed by atoms with Crippen LogP contribution in [0, 0.1) is 0 Å². The Kier molecular flexibility index (Phi) is 2.08. The number of hydrogen-bond acceptors (Lipinski definition) is 2. The van der Waals surface area contributed by atoms with E-state index in [-0.39, 0.29) is 0 Å². The van der Waals surface area contributed by atoms with E-state index in [1.807, 2.05) is 0 Å². The molecule has 60 valence electrons. The van der Waals surface area contributed by atoms with Crippen molar-refractivity contribution in [1.82, 2.24) is 0 Å². The summed E-state index contributed by atoms with van der Waals surface area (Å²) in [5.41, 5.74) is -0.466. The van der Waals surface area contributed by atoms with Crippen molar-refractivity contribution in [2.24, 2.45) is 5.84 Å². The minimum atomic E-state index is -1.02. The average molecular weight is 147 g/mol. The Bertz CT molecular complexity index is 146. The summed E-state index contributed by atoms with van der Waals surface area (Å²) in [4.78, 5) is 10.5. The van der Waals surface area contributed by atoms with Gasteiger partial charge in [-0.25, -0.2) is 0 Å². The van der Waals surface area contributed by atoms with Crippen molar-refractivity contribution >= 4 is 6.09 Å². The number of amides is 1. The lowest BCUT2D eigenvalue weighted by molar-refractivity contribution is -0.896.